The normalized spacial score (nSPS) is 19.2. The zero-order valence-corrected chi connectivity index (χ0v) is 11.4. The van der Waals surface area contributed by atoms with E-state index in [0.717, 1.165) is 24.3 Å². The minimum absolute atomic E-state index is 0.0958. The summed E-state index contributed by atoms with van der Waals surface area (Å²) in [6, 6.07) is 0. The van der Waals surface area contributed by atoms with Gasteiger partial charge in [-0.1, -0.05) is 13.3 Å². The number of methoxy groups -OCH3 is 1. The maximum Gasteiger partial charge on any atom is 0.327 e. The second-order valence-corrected chi connectivity index (χ2v) is 5.50. The van der Waals surface area contributed by atoms with E-state index in [-0.39, 0.29) is 5.97 Å². The molecular formula is C12H23NO2S. The highest BCUT2D eigenvalue weighted by molar-refractivity contribution is 7.99. The maximum atomic E-state index is 11.9. The van der Waals surface area contributed by atoms with E-state index in [9.17, 15) is 4.79 Å². The monoisotopic (exact) mass is 245 g/mol. The van der Waals surface area contributed by atoms with Crippen molar-refractivity contribution in [2.75, 3.05) is 25.7 Å². The first-order valence-electron chi connectivity index (χ1n) is 6.06. The second-order valence-electron chi connectivity index (χ2n) is 4.39. The zero-order valence-electron chi connectivity index (χ0n) is 10.5. The van der Waals surface area contributed by atoms with Crippen molar-refractivity contribution in [3.05, 3.63) is 0 Å². The van der Waals surface area contributed by atoms with Crippen LogP contribution in [0.1, 0.15) is 32.6 Å². The van der Waals surface area contributed by atoms with Crippen LogP contribution >= 0.6 is 11.8 Å². The van der Waals surface area contributed by atoms with Gasteiger partial charge in [0.2, 0.25) is 0 Å². The van der Waals surface area contributed by atoms with Crippen LogP contribution in [0.4, 0.5) is 0 Å². The number of esters is 1. The highest BCUT2D eigenvalue weighted by atomic mass is 32.2. The standard InChI is InChI=1S/C12H23NO2S/c1-4-5-8-16-9-12(13-2,10-6-7-10)11(14)15-3/h10,13H,4-9H2,1-3H3. The summed E-state index contributed by atoms with van der Waals surface area (Å²) >= 11 is 1.86. The van der Waals surface area contributed by atoms with Crippen LogP contribution in [0.25, 0.3) is 0 Å². The van der Waals surface area contributed by atoms with E-state index < -0.39 is 5.54 Å². The minimum atomic E-state index is -0.437. The molecule has 0 radical (unpaired) electrons. The molecule has 1 N–H and O–H groups in total. The Morgan fingerprint density at radius 2 is 2.25 bits per heavy atom. The summed E-state index contributed by atoms with van der Waals surface area (Å²) in [4.78, 5) is 11.9. The third-order valence-electron chi connectivity index (χ3n) is 3.24. The largest absolute Gasteiger partial charge is 0.468 e. The number of nitrogens with one attached hydrogen (secondary N) is 1. The van der Waals surface area contributed by atoms with E-state index in [2.05, 4.69) is 12.2 Å². The van der Waals surface area contributed by atoms with Crippen molar-refractivity contribution in [2.45, 2.75) is 38.1 Å². The summed E-state index contributed by atoms with van der Waals surface area (Å²) in [6.07, 6.45) is 4.71. The molecule has 0 saturated heterocycles. The van der Waals surface area contributed by atoms with Gasteiger partial charge in [-0.15, -0.1) is 0 Å². The van der Waals surface area contributed by atoms with E-state index in [1.807, 2.05) is 18.8 Å². The Kier molecular flexibility index (Phi) is 5.62. The van der Waals surface area contributed by atoms with Gasteiger partial charge in [0.05, 0.1) is 7.11 Å². The summed E-state index contributed by atoms with van der Waals surface area (Å²) in [5.41, 5.74) is -0.437. The predicted octanol–water partition coefficient (Wildman–Crippen LogP) is 2.06. The first-order chi connectivity index (χ1) is 7.71. The molecule has 0 heterocycles. The van der Waals surface area contributed by atoms with E-state index in [4.69, 9.17) is 4.74 Å². The highest BCUT2D eigenvalue weighted by Gasteiger charge is 2.50. The Labute approximate surface area is 103 Å². The Balaban J connectivity index is 2.52. The van der Waals surface area contributed by atoms with Crippen LogP contribution < -0.4 is 5.32 Å². The molecule has 1 rings (SSSR count). The number of carbonyl (C=O) groups is 1. The van der Waals surface area contributed by atoms with Crippen LogP contribution in [-0.4, -0.2) is 37.2 Å². The number of hydrogen-bond acceptors (Lipinski definition) is 4. The highest BCUT2D eigenvalue weighted by Crippen LogP contribution is 2.42. The van der Waals surface area contributed by atoms with E-state index >= 15 is 0 Å². The Bertz CT molecular complexity index is 231. The van der Waals surface area contributed by atoms with Crippen molar-refractivity contribution in [1.29, 1.82) is 0 Å². The predicted molar refractivity (Wildman–Crippen MR) is 68.8 cm³/mol. The summed E-state index contributed by atoms with van der Waals surface area (Å²) in [5.74, 6) is 2.34. The molecule has 0 aromatic rings. The number of ether oxygens (including phenoxy) is 1. The molecule has 0 amide bonds. The molecule has 0 aromatic carbocycles. The van der Waals surface area contributed by atoms with Gasteiger partial charge in [-0.05, 0) is 38.0 Å². The zero-order chi connectivity index (χ0) is 12.0. The average molecular weight is 245 g/mol. The molecule has 16 heavy (non-hydrogen) atoms. The third kappa shape index (κ3) is 3.14. The van der Waals surface area contributed by atoms with Crippen LogP contribution in [0.3, 0.4) is 0 Å². The van der Waals surface area contributed by atoms with Crippen LogP contribution in [0.2, 0.25) is 0 Å². The number of carbonyl (C=O) groups excluding carboxylic acids is 1. The molecule has 1 aliphatic carbocycles. The Morgan fingerprint density at radius 3 is 2.69 bits per heavy atom. The van der Waals surface area contributed by atoms with Crippen molar-refractivity contribution in [3.63, 3.8) is 0 Å². The van der Waals surface area contributed by atoms with Crippen LogP contribution in [0, 0.1) is 5.92 Å². The van der Waals surface area contributed by atoms with Crippen LogP contribution in [0.15, 0.2) is 0 Å². The molecule has 3 nitrogen and oxygen atoms in total. The topological polar surface area (TPSA) is 38.3 Å². The van der Waals surface area contributed by atoms with E-state index in [1.165, 1.54) is 20.0 Å². The fourth-order valence-corrected chi connectivity index (χ4v) is 3.42. The maximum absolute atomic E-state index is 11.9. The molecule has 1 saturated carbocycles. The summed E-state index contributed by atoms with van der Waals surface area (Å²) in [5, 5.41) is 3.21. The van der Waals surface area contributed by atoms with Gasteiger partial charge >= 0.3 is 5.97 Å². The van der Waals surface area contributed by atoms with Gasteiger partial charge in [0.25, 0.3) is 0 Å². The molecule has 0 bridgehead atoms. The van der Waals surface area contributed by atoms with Crippen molar-refractivity contribution in [2.24, 2.45) is 5.92 Å². The van der Waals surface area contributed by atoms with Crippen LogP contribution in [0.5, 0.6) is 0 Å². The van der Waals surface area contributed by atoms with E-state index in [0.29, 0.717) is 5.92 Å². The lowest BCUT2D eigenvalue weighted by atomic mass is 9.96. The number of thioether (sulfide) groups is 1. The Hall–Kier alpha value is -0.220. The van der Waals surface area contributed by atoms with E-state index in [1.54, 1.807) is 0 Å². The lowest BCUT2D eigenvalue weighted by Gasteiger charge is -2.30. The molecule has 1 aliphatic rings. The molecule has 1 unspecified atom stereocenters. The quantitative estimate of drug-likeness (QED) is 0.525. The molecule has 1 fully saturated rings. The van der Waals surface area contributed by atoms with Crippen molar-refractivity contribution < 1.29 is 9.53 Å². The number of rotatable bonds is 8. The fraction of sp³-hybridized carbons (Fsp3) is 0.917. The van der Waals surface area contributed by atoms with Gasteiger partial charge in [0.15, 0.2) is 0 Å². The number of hydrogen-bond donors (Lipinski definition) is 1. The minimum Gasteiger partial charge on any atom is -0.468 e. The molecule has 0 aliphatic heterocycles. The molecule has 1 atom stereocenters. The average Bonchev–Trinajstić information content (AvgIpc) is 3.13. The molecule has 94 valence electrons. The molecule has 0 aromatic heterocycles. The molecule has 0 spiro atoms. The SMILES string of the molecule is CCCCSCC(NC)(C(=O)OC)C1CC1. The smallest absolute Gasteiger partial charge is 0.327 e. The third-order valence-corrected chi connectivity index (χ3v) is 4.48. The number of likely N-dealkylation sites (N-methyl/N-ethyl adjacent to an activating group) is 1. The summed E-state index contributed by atoms with van der Waals surface area (Å²) in [6.45, 7) is 2.19. The van der Waals surface area contributed by atoms with Crippen molar-refractivity contribution in [1.82, 2.24) is 5.32 Å². The lowest BCUT2D eigenvalue weighted by molar-refractivity contribution is -0.148. The number of unbranched alkanes of at least 4 members (excludes halogenated alkanes) is 1. The lowest BCUT2D eigenvalue weighted by Crippen LogP contribution is -2.55. The second kappa shape index (κ2) is 6.50. The summed E-state index contributed by atoms with van der Waals surface area (Å²) in [7, 11) is 3.35. The van der Waals surface area contributed by atoms with Crippen molar-refractivity contribution >= 4 is 17.7 Å². The molecular weight excluding hydrogens is 222 g/mol. The first-order valence-corrected chi connectivity index (χ1v) is 7.21. The van der Waals surface area contributed by atoms with Gasteiger partial charge < -0.3 is 10.1 Å². The van der Waals surface area contributed by atoms with Gasteiger partial charge in [0.1, 0.15) is 5.54 Å². The Morgan fingerprint density at radius 1 is 1.56 bits per heavy atom. The van der Waals surface area contributed by atoms with Gasteiger partial charge in [-0.2, -0.15) is 11.8 Å². The van der Waals surface area contributed by atoms with Crippen LogP contribution in [-0.2, 0) is 9.53 Å². The summed E-state index contributed by atoms with van der Waals surface area (Å²) < 4.78 is 4.95. The molecule has 4 heteroatoms. The van der Waals surface area contributed by atoms with Crippen molar-refractivity contribution in [3.8, 4) is 0 Å². The van der Waals surface area contributed by atoms with Gasteiger partial charge in [-0.25, -0.2) is 0 Å². The van der Waals surface area contributed by atoms with Gasteiger partial charge in [-0.3, -0.25) is 4.79 Å². The van der Waals surface area contributed by atoms with Gasteiger partial charge in [0, 0.05) is 5.75 Å². The fourth-order valence-electron chi connectivity index (χ4n) is 1.96. The first kappa shape index (κ1) is 13.8.